The normalized spacial score (nSPS) is 12.0. The molecule has 0 saturated carbocycles. The van der Waals surface area contributed by atoms with Crippen molar-refractivity contribution in [1.29, 1.82) is 0 Å². The summed E-state index contributed by atoms with van der Waals surface area (Å²) in [6, 6.07) is 70.0. The van der Waals surface area contributed by atoms with Crippen LogP contribution in [0.2, 0.25) is 0 Å². The summed E-state index contributed by atoms with van der Waals surface area (Å²) in [5.41, 5.74) is 10.8. The van der Waals surface area contributed by atoms with E-state index in [1.165, 1.54) is 70.6 Å². The predicted octanol–water partition coefficient (Wildman–Crippen LogP) is 17.1. The number of hydrogen-bond acceptors (Lipinski definition) is 2. The van der Waals surface area contributed by atoms with Gasteiger partial charge in [0.2, 0.25) is 0 Å². The molecule has 0 unspecified atom stereocenters. The first-order valence-corrected chi connectivity index (χ1v) is 21.3. The molecule has 0 fully saturated rings. The lowest BCUT2D eigenvalue weighted by molar-refractivity contribution is 0.590. The molecule has 0 N–H and O–H groups in total. The topological polar surface area (TPSA) is 6.48 Å². The van der Waals surface area contributed by atoms with Crippen molar-refractivity contribution in [2.75, 3.05) is 9.80 Å². The van der Waals surface area contributed by atoms with Gasteiger partial charge < -0.3 is 9.80 Å². The molecule has 60 heavy (non-hydrogen) atoms. The van der Waals surface area contributed by atoms with E-state index >= 15 is 0 Å². The van der Waals surface area contributed by atoms with E-state index in [9.17, 15) is 0 Å². The number of hydrogen-bond donors (Lipinski definition) is 0. The Bertz CT molecular complexity index is 3210. The van der Waals surface area contributed by atoms with E-state index in [4.69, 9.17) is 0 Å². The SMILES string of the molecule is Cc1ccc(N(c2ccc(C(C)(C)C)cc2)c2ccc3c(c2)c2ccccc2c2c4ccc(N(c5ccccc5)c5cccc(C(C)C)c5)cc4c4ccccc4c32)cc1. The minimum Gasteiger partial charge on any atom is -0.310 e. The molecule has 10 aromatic rings. The number of benzene rings is 10. The third-order valence-electron chi connectivity index (χ3n) is 12.4. The molecule has 0 aromatic heterocycles. The fourth-order valence-electron chi connectivity index (χ4n) is 9.22. The van der Waals surface area contributed by atoms with Crippen LogP contribution in [0.5, 0.6) is 0 Å². The molecule has 0 heterocycles. The zero-order chi connectivity index (χ0) is 41.1. The molecular formula is C58H50N2. The van der Waals surface area contributed by atoms with Gasteiger partial charge in [-0.25, -0.2) is 0 Å². The van der Waals surface area contributed by atoms with Crippen molar-refractivity contribution in [3.63, 3.8) is 0 Å². The molecule has 0 aliphatic rings. The largest absolute Gasteiger partial charge is 0.310 e. The summed E-state index contributed by atoms with van der Waals surface area (Å²) >= 11 is 0. The van der Waals surface area contributed by atoms with E-state index in [1.54, 1.807) is 0 Å². The Morgan fingerprint density at radius 2 is 0.750 bits per heavy atom. The first-order chi connectivity index (χ1) is 29.1. The highest BCUT2D eigenvalue weighted by Gasteiger charge is 2.21. The maximum atomic E-state index is 2.42. The third-order valence-corrected chi connectivity index (χ3v) is 12.4. The summed E-state index contributed by atoms with van der Waals surface area (Å²) in [7, 11) is 0. The summed E-state index contributed by atoms with van der Waals surface area (Å²) in [5.74, 6) is 0.430. The molecule has 2 heteroatoms. The van der Waals surface area contributed by atoms with Crippen molar-refractivity contribution in [2.45, 2.75) is 52.9 Å². The highest BCUT2D eigenvalue weighted by molar-refractivity contribution is 6.39. The molecule has 0 radical (unpaired) electrons. The standard InChI is InChI=1S/C58H50N2/c1-38(2)40-15-14-18-45(35-40)60(42-16-8-7-9-17-42)47-32-34-53-55(37-47)49-20-11-13-22-51(49)56-52-33-31-46(36-54(52)48-19-10-12-21-50(48)57(53)56)59(43-27-23-39(3)24-28-43)44-29-25-41(26-30-44)58(4,5)6/h7-38H,1-6H3. The van der Waals surface area contributed by atoms with E-state index in [0.717, 1.165) is 34.1 Å². The van der Waals surface area contributed by atoms with E-state index in [2.05, 4.69) is 239 Å². The van der Waals surface area contributed by atoms with E-state index in [1.807, 2.05) is 0 Å². The lowest BCUT2D eigenvalue weighted by atomic mass is 9.86. The molecule has 0 aliphatic carbocycles. The van der Waals surface area contributed by atoms with Crippen molar-refractivity contribution in [3.8, 4) is 0 Å². The first-order valence-electron chi connectivity index (χ1n) is 21.3. The molecule has 10 aromatic carbocycles. The van der Waals surface area contributed by atoms with Gasteiger partial charge in [0.15, 0.2) is 0 Å². The van der Waals surface area contributed by atoms with Crippen LogP contribution in [0.15, 0.2) is 188 Å². The Labute approximate surface area is 354 Å². The van der Waals surface area contributed by atoms with Gasteiger partial charge in [-0.3, -0.25) is 0 Å². The average molecular weight is 775 g/mol. The van der Waals surface area contributed by atoms with Crippen LogP contribution in [0.3, 0.4) is 0 Å². The molecule has 0 aliphatic heterocycles. The van der Waals surface area contributed by atoms with E-state index in [0.29, 0.717) is 5.92 Å². The molecule has 0 amide bonds. The minimum atomic E-state index is 0.0748. The number of para-hydroxylation sites is 1. The van der Waals surface area contributed by atoms with Crippen LogP contribution in [0.25, 0.3) is 53.9 Å². The summed E-state index contributed by atoms with van der Waals surface area (Å²) in [6.45, 7) is 13.5. The molecule has 10 rings (SSSR count). The minimum absolute atomic E-state index is 0.0748. The van der Waals surface area contributed by atoms with Gasteiger partial charge in [-0.2, -0.15) is 0 Å². The first kappa shape index (κ1) is 37.4. The van der Waals surface area contributed by atoms with Crippen LogP contribution < -0.4 is 9.80 Å². The number of rotatable bonds is 7. The van der Waals surface area contributed by atoms with Crippen LogP contribution in [0.1, 0.15) is 57.2 Å². The zero-order valence-electron chi connectivity index (χ0n) is 35.4. The monoisotopic (exact) mass is 774 g/mol. The second-order valence-corrected chi connectivity index (χ2v) is 17.7. The fourth-order valence-corrected chi connectivity index (χ4v) is 9.22. The van der Waals surface area contributed by atoms with Gasteiger partial charge in [-0.05, 0) is 156 Å². The van der Waals surface area contributed by atoms with Crippen LogP contribution in [0, 0.1) is 6.92 Å². The van der Waals surface area contributed by atoms with Gasteiger partial charge in [0.25, 0.3) is 0 Å². The van der Waals surface area contributed by atoms with Crippen LogP contribution in [-0.4, -0.2) is 0 Å². The Balaban J connectivity index is 1.23. The predicted molar refractivity (Wildman–Crippen MR) is 261 cm³/mol. The smallest absolute Gasteiger partial charge is 0.0468 e. The Hall–Kier alpha value is -6.90. The maximum Gasteiger partial charge on any atom is 0.0468 e. The number of nitrogens with zero attached hydrogens (tertiary/aromatic N) is 2. The van der Waals surface area contributed by atoms with Gasteiger partial charge in [-0.15, -0.1) is 0 Å². The van der Waals surface area contributed by atoms with Crippen molar-refractivity contribution in [1.82, 2.24) is 0 Å². The van der Waals surface area contributed by atoms with E-state index in [-0.39, 0.29) is 5.41 Å². The maximum absolute atomic E-state index is 2.42. The Morgan fingerprint density at radius 3 is 1.27 bits per heavy atom. The number of aryl methyl sites for hydroxylation is 1. The highest BCUT2D eigenvalue weighted by Crippen LogP contribution is 2.47. The second kappa shape index (κ2) is 14.7. The summed E-state index contributed by atoms with van der Waals surface area (Å²) in [5, 5.41) is 12.7. The van der Waals surface area contributed by atoms with Gasteiger partial charge in [0.05, 0.1) is 0 Å². The Morgan fingerprint density at radius 1 is 0.350 bits per heavy atom. The summed E-state index contributed by atoms with van der Waals surface area (Å²) in [6.07, 6.45) is 0. The lowest BCUT2D eigenvalue weighted by Crippen LogP contribution is -2.13. The average Bonchev–Trinajstić information content (AvgIpc) is 3.27. The highest BCUT2D eigenvalue weighted by atomic mass is 15.1. The summed E-state index contributed by atoms with van der Waals surface area (Å²) in [4.78, 5) is 4.81. The van der Waals surface area contributed by atoms with Gasteiger partial charge >= 0.3 is 0 Å². The van der Waals surface area contributed by atoms with Crippen LogP contribution in [0.4, 0.5) is 34.1 Å². The van der Waals surface area contributed by atoms with E-state index < -0.39 is 0 Å². The third kappa shape index (κ3) is 6.44. The molecular weight excluding hydrogens is 725 g/mol. The van der Waals surface area contributed by atoms with Crippen LogP contribution in [-0.2, 0) is 5.41 Å². The van der Waals surface area contributed by atoms with Crippen molar-refractivity contribution in [2.24, 2.45) is 0 Å². The van der Waals surface area contributed by atoms with Gasteiger partial charge in [0.1, 0.15) is 0 Å². The molecule has 2 nitrogen and oxygen atoms in total. The van der Waals surface area contributed by atoms with Gasteiger partial charge in [0, 0.05) is 34.1 Å². The van der Waals surface area contributed by atoms with Crippen molar-refractivity contribution < 1.29 is 0 Å². The second-order valence-electron chi connectivity index (χ2n) is 17.7. The van der Waals surface area contributed by atoms with Crippen LogP contribution >= 0.6 is 0 Å². The number of fused-ring (bicyclic) bond motifs is 11. The Kier molecular flexibility index (Phi) is 9.18. The molecule has 292 valence electrons. The van der Waals surface area contributed by atoms with Crippen molar-refractivity contribution in [3.05, 3.63) is 205 Å². The quantitative estimate of drug-likeness (QED) is 0.149. The lowest BCUT2D eigenvalue weighted by Gasteiger charge is -2.28. The van der Waals surface area contributed by atoms with Crippen molar-refractivity contribution >= 4 is 88.0 Å². The summed E-state index contributed by atoms with van der Waals surface area (Å²) < 4.78 is 0. The number of anilines is 6. The zero-order valence-corrected chi connectivity index (χ0v) is 35.4. The molecule has 0 spiro atoms. The molecule has 0 saturated heterocycles. The molecule has 0 bridgehead atoms. The molecule has 0 atom stereocenters. The van der Waals surface area contributed by atoms with Gasteiger partial charge in [-0.1, -0.05) is 155 Å². The fraction of sp³-hybridized carbons (Fsp3) is 0.138.